The van der Waals surface area contributed by atoms with Crippen LogP contribution >= 0.6 is 0 Å². The number of amides is 1. The molecule has 0 aliphatic heterocycles. The van der Waals surface area contributed by atoms with Crippen LogP contribution in [0.3, 0.4) is 0 Å². The van der Waals surface area contributed by atoms with E-state index in [-0.39, 0.29) is 23.8 Å². The van der Waals surface area contributed by atoms with E-state index < -0.39 is 15.1 Å². The van der Waals surface area contributed by atoms with Crippen LogP contribution in [0.15, 0.2) is 58.0 Å². The van der Waals surface area contributed by atoms with E-state index in [2.05, 4.69) is 10.4 Å². The van der Waals surface area contributed by atoms with Gasteiger partial charge in [0.2, 0.25) is 5.91 Å². The van der Waals surface area contributed by atoms with Gasteiger partial charge in [-0.25, -0.2) is 8.42 Å². The van der Waals surface area contributed by atoms with Gasteiger partial charge in [0.05, 0.1) is 23.1 Å². The maximum Gasteiger partial charge on any atom is 0.224 e. The number of carbonyl (C=O) groups is 1. The highest BCUT2D eigenvalue weighted by Gasteiger charge is 2.19. The van der Waals surface area contributed by atoms with Gasteiger partial charge in [-0.3, -0.25) is 9.48 Å². The van der Waals surface area contributed by atoms with E-state index in [0.717, 1.165) is 11.3 Å². The third-order valence-corrected chi connectivity index (χ3v) is 6.60. The largest absolute Gasteiger partial charge is 0.458 e. The Bertz CT molecular complexity index is 1060. The Labute approximate surface area is 164 Å². The smallest absolute Gasteiger partial charge is 0.224 e. The second-order valence-electron chi connectivity index (χ2n) is 6.80. The average Bonchev–Trinajstić information content (AvgIpc) is 3.29. The van der Waals surface area contributed by atoms with Crippen LogP contribution in [-0.4, -0.2) is 29.4 Å². The van der Waals surface area contributed by atoms with E-state index in [1.54, 1.807) is 49.0 Å². The van der Waals surface area contributed by atoms with Gasteiger partial charge < -0.3 is 9.73 Å². The monoisotopic (exact) mass is 401 g/mol. The Hall–Kier alpha value is -2.87. The molecule has 2 heterocycles. The molecule has 0 atom stereocenters. The minimum Gasteiger partial charge on any atom is -0.458 e. The lowest BCUT2D eigenvalue weighted by Gasteiger charge is -2.09. The first-order valence-electron chi connectivity index (χ1n) is 8.94. The molecule has 0 saturated carbocycles. The van der Waals surface area contributed by atoms with Crippen molar-refractivity contribution in [3.8, 4) is 11.5 Å². The molecule has 0 aliphatic rings. The Morgan fingerprint density at radius 2 is 1.86 bits per heavy atom. The van der Waals surface area contributed by atoms with E-state index in [0.29, 0.717) is 11.5 Å². The molecule has 8 heteroatoms. The van der Waals surface area contributed by atoms with E-state index in [4.69, 9.17) is 4.42 Å². The van der Waals surface area contributed by atoms with E-state index in [1.807, 2.05) is 25.2 Å². The summed E-state index contributed by atoms with van der Waals surface area (Å²) in [7, 11) is -1.48. The number of hydrogen-bond acceptors (Lipinski definition) is 5. The van der Waals surface area contributed by atoms with Crippen molar-refractivity contribution < 1.29 is 17.6 Å². The normalized spacial score (nSPS) is 11.7. The molecule has 0 unspecified atom stereocenters. The van der Waals surface area contributed by atoms with Crippen molar-refractivity contribution in [3.05, 3.63) is 60.0 Å². The standard InChI is InChI=1S/C20H23N3O4S/c1-14(2)28(25,26)17-7-4-15(5-8-17)12-20(24)21-13-16-6-9-19(27-16)18-10-11-22-23(18)3/h4-11,14H,12-13H2,1-3H3,(H,21,24). The van der Waals surface area contributed by atoms with Gasteiger partial charge in [-0.15, -0.1) is 0 Å². The second kappa shape index (κ2) is 8.02. The Balaban J connectivity index is 1.56. The Kier molecular flexibility index (Phi) is 5.69. The zero-order chi connectivity index (χ0) is 20.3. The van der Waals surface area contributed by atoms with E-state index >= 15 is 0 Å². The average molecular weight is 401 g/mol. The fraction of sp³-hybridized carbons (Fsp3) is 0.300. The first-order valence-corrected chi connectivity index (χ1v) is 10.5. The predicted octanol–water partition coefficient (Wildman–Crippen LogP) is 2.72. The van der Waals surface area contributed by atoms with Gasteiger partial charge in [-0.1, -0.05) is 12.1 Å². The third kappa shape index (κ3) is 4.33. The van der Waals surface area contributed by atoms with Gasteiger partial charge in [-0.05, 0) is 49.7 Å². The SMILES string of the molecule is CC(C)S(=O)(=O)c1ccc(CC(=O)NCc2ccc(-c3ccnn3C)o2)cc1. The molecule has 0 radical (unpaired) electrons. The number of nitrogens with zero attached hydrogens (tertiary/aromatic N) is 2. The number of furan rings is 1. The van der Waals surface area contributed by atoms with Gasteiger partial charge in [0, 0.05) is 13.2 Å². The van der Waals surface area contributed by atoms with Crippen LogP contribution in [0, 0.1) is 0 Å². The Morgan fingerprint density at radius 1 is 1.14 bits per heavy atom. The van der Waals surface area contributed by atoms with E-state index in [1.165, 1.54) is 0 Å². The fourth-order valence-electron chi connectivity index (χ4n) is 2.73. The molecular weight excluding hydrogens is 378 g/mol. The third-order valence-electron chi connectivity index (χ3n) is 4.43. The zero-order valence-corrected chi connectivity index (χ0v) is 16.9. The molecule has 148 valence electrons. The van der Waals surface area contributed by atoms with Crippen LogP contribution < -0.4 is 5.32 Å². The van der Waals surface area contributed by atoms with Gasteiger partial charge in [-0.2, -0.15) is 5.10 Å². The van der Waals surface area contributed by atoms with Crippen LogP contribution in [0.2, 0.25) is 0 Å². The molecule has 1 aromatic carbocycles. The summed E-state index contributed by atoms with van der Waals surface area (Å²) >= 11 is 0. The quantitative estimate of drug-likeness (QED) is 0.657. The molecule has 0 fully saturated rings. The van der Waals surface area contributed by atoms with Crippen LogP contribution in [0.25, 0.3) is 11.5 Å². The van der Waals surface area contributed by atoms with Crippen molar-refractivity contribution in [1.82, 2.24) is 15.1 Å². The minimum atomic E-state index is -3.31. The van der Waals surface area contributed by atoms with Crippen molar-refractivity contribution in [2.24, 2.45) is 7.05 Å². The maximum absolute atomic E-state index is 12.2. The summed E-state index contributed by atoms with van der Waals surface area (Å²) < 4.78 is 31.7. The van der Waals surface area contributed by atoms with Crippen LogP contribution in [0.1, 0.15) is 25.2 Å². The summed E-state index contributed by atoms with van der Waals surface area (Å²) in [5.74, 6) is 1.16. The first-order chi connectivity index (χ1) is 13.3. The van der Waals surface area contributed by atoms with Crippen molar-refractivity contribution in [2.45, 2.75) is 37.0 Å². The molecule has 28 heavy (non-hydrogen) atoms. The van der Waals surface area contributed by atoms with Gasteiger partial charge in [0.1, 0.15) is 11.5 Å². The molecule has 2 aromatic heterocycles. The molecule has 0 bridgehead atoms. The van der Waals surface area contributed by atoms with Crippen LogP contribution in [-0.2, 0) is 34.6 Å². The maximum atomic E-state index is 12.2. The molecular formula is C20H23N3O4S. The number of sulfone groups is 1. The van der Waals surface area contributed by atoms with Crippen molar-refractivity contribution >= 4 is 15.7 Å². The van der Waals surface area contributed by atoms with Crippen molar-refractivity contribution in [1.29, 1.82) is 0 Å². The van der Waals surface area contributed by atoms with Crippen LogP contribution in [0.5, 0.6) is 0 Å². The number of hydrogen-bond donors (Lipinski definition) is 1. The second-order valence-corrected chi connectivity index (χ2v) is 9.30. The topological polar surface area (TPSA) is 94.2 Å². The van der Waals surface area contributed by atoms with Crippen LogP contribution in [0.4, 0.5) is 0 Å². The van der Waals surface area contributed by atoms with Gasteiger partial charge >= 0.3 is 0 Å². The molecule has 7 nitrogen and oxygen atoms in total. The predicted molar refractivity (Wildman–Crippen MR) is 105 cm³/mol. The number of aromatic nitrogens is 2. The molecule has 3 rings (SSSR count). The summed E-state index contributed by atoms with van der Waals surface area (Å²) in [5, 5.41) is 6.43. The number of nitrogens with one attached hydrogen (secondary N) is 1. The number of aryl methyl sites for hydroxylation is 1. The molecule has 0 spiro atoms. The summed E-state index contributed by atoms with van der Waals surface area (Å²) in [6.45, 7) is 3.56. The molecule has 0 saturated heterocycles. The fourth-order valence-corrected chi connectivity index (χ4v) is 3.79. The highest BCUT2D eigenvalue weighted by Crippen LogP contribution is 2.21. The molecule has 1 N–H and O–H groups in total. The Morgan fingerprint density at radius 3 is 2.46 bits per heavy atom. The molecule has 0 aliphatic carbocycles. The number of carbonyl (C=O) groups excluding carboxylic acids is 1. The first kappa shape index (κ1) is 19.9. The highest BCUT2D eigenvalue weighted by molar-refractivity contribution is 7.92. The summed E-state index contributed by atoms with van der Waals surface area (Å²) in [6, 6.07) is 11.9. The summed E-state index contributed by atoms with van der Waals surface area (Å²) in [5.41, 5.74) is 1.60. The molecule has 1 amide bonds. The zero-order valence-electron chi connectivity index (χ0n) is 16.0. The highest BCUT2D eigenvalue weighted by atomic mass is 32.2. The minimum absolute atomic E-state index is 0.164. The van der Waals surface area contributed by atoms with Crippen molar-refractivity contribution in [2.75, 3.05) is 0 Å². The number of benzene rings is 1. The van der Waals surface area contributed by atoms with Gasteiger partial charge in [0.15, 0.2) is 15.6 Å². The lowest BCUT2D eigenvalue weighted by molar-refractivity contribution is -0.120. The summed E-state index contributed by atoms with van der Waals surface area (Å²) in [6.07, 6.45) is 1.86. The lowest BCUT2D eigenvalue weighted by Crippen LogP contribution is -2.24. The lowest BCUT2D eigenvalue weighted by atomic mass is 10.1. The summed E-state index contributed by atoms with van der Waals surface area (Å²) in [4.78, 5) is 12.4. The molecule has 3 aromatic rings. The number of rotatable bonds is 7. The van der Waals surface area contributed by atoms with Gasteiger partial charge in [0.25, 0.3) is 0 Å². The van der Waals surface area contributed by atoms with E-state index in [9.17, 15) is 13.2 Å². The van der Waals surface area contributed by atoms with Crippen molar-refractivity contribution in [3.63, 3.8) is 0 Å².